The molecule has 7 nitrogen and oxygen atoms in total. The summed E-state index contributed by atoms with van der Waals surface area (Å²) in [5.41, 5.74) is 1.68. The Balaban J connectivity index is 1.85. The van der Waals surface area contributed by atoms with Crippen molar-refractivity contribution in [3.05, 3.63) is 59.9 Å². The highest BCUT2D eigenvalue weighted by Crippen LogP contribution is 2.11. The van der Waals surface area contributed by atoms with Gasteiger partial charge in [0.05, 0.1) is 4.90 Å². The molecule has 2 N–H and O–H groups in total. The second-order valence-corrected chi connectivity index (χ2v) is 7.72. The minimum atomic E-state index is -4.03. The smallest absolute Gasteiger partial charge is 0.324 e. The molecule has 9 heteroatoms. The first kappa shape index (κ1) is 21.5. The highest BCUT2D eigenvalue weighted by atomic mass is 32.2. The molecule has 28 heavy (non-hydrogen) atoms. The minimum absolute atomic E-state index is 0.193. The average molecular weight is 408 g/mol. The predicted molar refractivity (Wildman–Crippen MR) is 102 cm³/mol. The van der Waals surface area contributed by atoms with E-state index < -0.39 is 40.4 Å². The number of nitrogens with one attached hydrogen (secondary N) is 2. The number of benzene rings is 2. The number of carbonyl (C=O) groups is 2. The lowest BCUT2D eigenvalue weighted by Gasteiger charge is -2.14. The van der Waals surface area contributed by atoms with Crippen molar-refractivity contribution in [2.45, 2.75) is 31.2 Å². The van der Waals surface area contributed by atoms with Crippen molar-refractivity contribution in [2.24, 2.45) is 0 Å². The molecule has 0 radical (unpaired) electrons. The predicted octanol–water partition coefficient (Wildman–Crippen LogP) is 2.24. The molecule has 0 spiro atoms. The van der Waals surface area contributed by atoms with E-state index in [-0.39, 0.29) is 4.90 Å². The van der Waals surface area contributed by atoms with Gasteiger partial charge in [0.1, 0.15) is 11.9 Å². The number of sulfonamides is 1. The van der Waals surface area contributed by atoms with E-state index in [1.54, 1.807) is 12.1 Å². The quantitative estimate of drug-likeness (QED) is 0.653. The Morgan fingerprint density at radius 2 is 1.68 bits per heavy atom. The third kappa shape index (κ3) is 6.14. The number of ether oxygens (including phenoxy) is 1. The topological polar surface area (TPSA) is 102 Å². The molecule has 0 fully saturated rings. The molecule has 0 aliphatic rings. The summed E-state index contributed by atoms with van der Waals surface area (Å²) in [6.07, 6.45) is 0.873. The lowest BCUT2D eigenvalue weighted by molar-refractivity contribution is -0.148. The van der Waals surface area contributed by atoms with E-state index in [0.717, 1.165) is 36.2 Å². The summed E-state index contributed by atoms with van der Waals surface area (Å²) in [7, 11) is -4.03. The fourth-order valence-corrected chi connectivity index (χ4v) is 3.44. The summed E-state index contributed by atoms with van der Waals surface area (Å²) in [6, 6.07) is 10.1. The zero-order chi connectivity index (χ0) is 20.7. The Morgan fingerprint density at radius 1 is 1.07 bits per heavy atom. The SMILES string of the molecule is CCc1ccc(NC(=O)COC(=O)[C@H](C)NS(=O)(=O)c2ccc(F)cc2)cc1. The average Bonchev–Trinajstić information content (AvgIpc) is 2.66. The van der Waals surface area contributed by atoms with Crippen LogP contribution in [0.5, 0.6) is 0 Å². The summed E-state index contributed by atoms with van der Waals surface area (Å²) in [6.45, 7) is 2.74. The maximum Gasteiger partial charge on any atom is 0.324 e. The molecule has 1 amide bonds. The highest BCUT2D eigenvalue weighted by molar-refractivity contribution is 7.89. The minimum Gasteiger partial charge on any atom is -0.454 e. The van der Waals surface area contributed by atoms with Crippen LogP contribution in [0.25, 0.3) is 0 Å². The molecule has 2 aromatic carbocycles. The van der Waals surface area contributed by atoms with E-state index >= 15 is 0 Å². The third-order valence-electron chi connectivity index (χ3n) is 3.80. The van der Waals surface area contributed by atoms with E-state index in [0.29, 0.717) is 5.69 Å². The van der Waals surface area contributed by atoms with E-state index in [1.165, 1.54) is 6.92 Å². The Morgan fingerprint density at radius 3 is 2.25 bits per heavy atom. The highest BCUT2D eigenvalue weighted by Gasteiger charge is 2.23. The molecule has 0 unspecified atom stereocenters. The van der Waals surface area contributed by atoms with E-state index in [2.05, 4.69) is 10.0 Å². The molecule has 0 saturated heterocycles. The fourth-order valence-electron chi connectivity index (χ4n) is 2.25. The normalized spacial score (nSPS) is 12.2. The van der Waals surface area contributed by atoms with Gasteiger partial charge < -0.3 is 10.1 Å². The first-order valence-electron chi connectivity index (χ1n) is 8.54. The molecule has 0 aromatic heterocycles. The van der Waals surface area contributed by atoms with Gasteiger partial charge in [-0.05, 0) is 55.3 Å². The van der Waals surface area contributed by atoms with Crippen LogP contribution in [0.3, 0.4) is 0 Å². The standard InChI is InChI=1S/C19H21FN2O5S/c1-3-14-4-8-16(9-5-14)21-18(23)12-27-19(24)13(2)22-28(25,26)17-10-6-15(20)7-11-17/h4-11,13,22H,3,12H2,1-2H3,(H,21,23)/t13-/m0/s1. The number of aryl methyl sites for hydroxylation is 1. The number of amides is 1. The van der Waals surface area contributed by atoms with Crippen LogP contribution in [0.1, 0.15) is 19.4 Å². The molecule has 150 valence electrons. The summed E-state index contributed by atoms with van der Waals surface area (Å²) in [5, 5.41) is 2.58. The van der Waals surface area contributed by atoms with Gasteiger partial charge in [-0.3, -0.25) is 9.59 Å². The molecule has 0 bridgehead atoms. The van der Waals surface area contributed by atoms with Gasteiger partial charge >= 0.3 is 5.97 Å². The third-order valence-corrected chi connectivity index (χ3v) is 5.36. The van der Waals surface area contributed by atoms with Gasteiger partial charge in [0, 0.05) is 5.69 Å². The molecule has 0 aliphatic heterocycles. The zero-order valence-corrected chi connectivity index (χ0v) is 16.3. The monoisotopic (exact) mass is 408 g/mol. The van der Waals surface area contributed by atoms with Gasteiger partial charge in [-0.25, -0.2) is 12.8 Å². The Bertz CT molecular complexity index is 928. The van der Waals surface area contributed by atoms with Crippen molar-refractivity contribution >= 4 is 27.6 Å². The van der Waals surface area contributed by atoms with Gasteiger partial charge in [0.15, 0.2) is 6.61 Å². The molecule has 1 atom stereocenters. The number of hydrogen-bond donors (Lipinski definition) is 2. The van der Waals surface area contributed by atoms with Crippen molar-refractivity contribution < 1.29 is 27.1 Å². The van der Waals surface area contributed by atoms with Crippen molar-refractivity contribution in [3.8, 4) is 0 Å². The summed E-state index contributed by atoms with van der Waals surface area (Å²) in [5.74, 6) is -2.05. The van der Waals surface area contributed by atoms with Crippen LogP contribution in [-0.2, 0) is 30.8 Å². The van der Waals surface area contributed by atoms with Crippen LogP contribution in [-0.4, -0.2) is 32.9 Å². The van der Waals surface area contributed by atoms with Gasteiger partial charge in [-0.15, -0.1) is 0 Å². The summed E-state index contributed by atoms with van der Waals surface area (Å²) >= 11 is 0. The maximum absolute atomic E-state index is 12.9. The van der Waals surface area contributed by atoms with Crippen molar-refractivity contribution in [1.29, 1.82) is 0 Å². The lowest BCUT2D eigenvalue weighted by atomic mass is 10.1. The van der Waals surface area contributed by atoms with E-state index in [4.69, 9.17) is 4.74 Å². The molecule has 0 saturated carbocycles. The van der Waals surface area contributed by atoms with Crippen LogP contribution in [0.15, 0.2) is 53.4 Å². The van der Waals surface area contributed by atoms with Gasteiger partial charge in [0.2, 0.25) is 10.0 Å². The first-order chi connectivity index (χ1) is 13.2. The lowest BCUT2D eigenvalue weighted by Crippen LogP contribution is -2.40. The van der Waals surface area contributed by atoms with Crippen molar-refractivity contribution in [2.75, 3.05) is 11.9 Å². The first-order valence-corrected chi connectivity index (χ1v) is 10.0. The second kappa shape index (κ2) is 9.43. The van der Waals surface area contributed by atoms with Gasteiger partial charge in [0.25, 0.3) is 5.91 Å². The second-order valence-electron chi connectivity index (χ2n) is 6.00. The number of halogens is 1. The number of hydrogen-bond acceptors (Lipinski definition) is 5. The number of anilines is 1. The molecular weight excluding hydrogens is 387 g/mol. The molecular formula is C19H21FN2O5S. The largest absolute Gasteiger partial charge is 0.454 e. The Kier molecular flexibility index (Phi) is 7.24. The van der Waals surface area contributed by atoms with Crippen molar-refractivity contribution in [3.63, 3.8) is 0 Å². The fraction of sp³-hybridized carbons (Fsp3) is 0.263. The van der Waals surface area contributed by atoms with Crippen LogP contribution < -0.4 is 10.0 Å². The van der Waals surface area contributed by atoms with Crippen LogP contribution in [0.2, 0.25) is 0 Å². The van der Waals surface area contributed by atoms with Gasteiger partial charge in [-0.1, -0.05) is 19.1 Å². The molecule has 2 rings (SSSR count). The zero-order valence-electron chi connectivity index (χ0n) is 15.4. The van der Waals surface area contributed by atoms with Gasteiger partial charge in [-0.2, -0.15) is 4.72 Å². The number of esters is 1. The Hall–Kier alpha value is -2.78. The van der Waals surface area contributed by atoms with E-state index in [1.807, 2.05) is 19.1 Å². The maximum atomic E-state index is 12.9. The number of carbonyl (C=O) groups excluding carboxylic acids is 2. The van der Waals surface area contributed by atoms with E-state index in [9.17, 15) is 22.4 Å². The Labute approximate surface area is 163 Å². The molecule has 0 aliphatic carbocycles. The van der Waals surface area contributed by atoms with Crippen LogP contribution in [0.4, 0.5) is 10.1 Å². The van der Waals surface area contributed by atoms with Crippen molar-refractivity contribution in [1.82, 2.24) is 4.72 Å². The summed E-state index contributed by atoms with van der Waals surface area (Å²) in [4.78, 5) is 23.6. The van der Waals surface area contributed by atoms with Crippen LogP contribution in [0, 0.1) is 5.82 Å². The number of rotatable bonds is 8. The molecule has 0 heterocycles. The van der Waals surface area contributed by atoms with Crippen LogP contribution >= 0.6 is 0 Å². The summed E-state index contributed by atoms with van der Waals surface area (Å²) < 4.78 is 44.2. The molecule has 2 aromatic rings.